The molecular weight excluding hydrogens is 362 g/mol. The second kappa shape index (κ2) is 7.91. The molecule has 0 radical (unpaired) electrons. The molecule has 2 aromatic carbocycles. The normalized spacial score (nSPS) is 16.1. The molecule has 1 heterocycles. The number of phenols is 1. The maximum absolute atomic E-state index is 13.0. The average Bonchev–Trinajstić information content (AvgIpc) is 2.68. The summed E-state index contributed by atoms with van der Waals surface area (Å²) in [6.07, 6.45) is 0. The minimum absolute atomic E-state index is 0.0311. The first-order chi connectivity index (χ1) is 13.4. The van der Waals surface area contributed by atoms with Crippen LogP contribution in [0.3, 0.4) is 0 Å². The number of hydrogen-bond acceptors (Lipinski definition) is 5. The minimum Gasteiger partial charge on any atom is -0.504 e. The van der Waals surface area contributed by atoms with Crippen LogP contribution in [0.25, 0.3) is 0 Å². The van der Waals surface area contributed by atoms with Crippen LogP contribution < -0.4 is 25.4 Å². The van der Waals surface area contributed by atoms with Gasteiger partial charge in [0.1, 0.15) is 5.75 Å². The number of aromatic hydroxyl groups is 1. The summed E-state index contributed by atoms with van der Waals surface area (Å²) < 4.78 is 10.3. The summed E-state index contributed by atoms with van der Waals surface area (Å²) in [5.74, 6) is 0.524. The van der Waals surface area contributed by atoms with Crippen molar-refractivity contribution in [2.24, 2.45) is 0 Å². The molecule has 0 saturated heterocycles. The van der Waals surface area contributed by atoms with Gasteiger partial charge in [-0.05, 0) is 48.9 Å². The Kier molecular flexibility index (Phi) is 5.39. The molecule has 1 atom stereocenters. The minimum atomic E-state index is -0.707. The number of allylic oxidation sites excluding steroid dienone is 1. The van der Waals surface area contributed by atoms with Crippen LogP contribution in [-0.2, 0) is 4.79 Å². The number of phenolic OH excluding ortho intramolecular Hbond substituents is 1. The third-order valence-corrected chi connectivity index (χ3v) is 4.40. The second-order valence-electron chi connectivity index (χ2n) is 6.18. The number of hydrogen-bond donors (Lipinski definition) is 4. The summed E-state index contributed by atoms with van der Waals surface area (Å²) >= 11 is 0. The van der Waals surface area contributed by atoms with Crippen molar-refractivity contribution in [1.82, 2.24) is 10.6 Å². The van der Waals surface area contributed by atoms with E-state index in [1.165, 1.54) is 13.2 Å². The van der Waals surface area contributed by atoms with Gasteiger partial charge in [0, 0.05) is 11.4 Å². The molecule has 0 aliphatic carbocycles. The number of urea groups is 1. The Labute approximate surface area is 162 Å². The van der Waals surface area contributed by atoms with E-state index in [0.717, 1.165) is 0 Å². The highest BCUT2D eigenvalue weighted by Gasteiger charge is 2.31. The molecule has 2 aromatic rings. The largest absolute Gasteiger partial charge is 0.504 e. The molecule has 8 heteroatoms. The number of methoxy groups -OCH3 is 2. The molecule has 146 valence electrons. The summed E-state index contributed by atoms with van der Waals surface area (Å²) in [4.78, 5) is 25.0. The Morgan fingerprint density at radius 3 is 2.46 bits per heavy atom. The number of nitrogens with one attached hydrogen (secondary N) is 3. The lowest BCUT2D eigenvalue weighted by atomic mass is 9.94. The summed E-state index contributed by atoms with van der Waals surface area (Å²) in [5.41, 5.74) is 1.98. The van der Waals surface area contributed by atoms with Crippen molar-refractivity contribution in [1.29, 1.82) is 0 Å². The van der Waals surface area contributed by atoms with Crippen LogP contribution in [0.15, 0.2) is 53.7 Å². The van der Waals surface area contributed by atoms with E-state index in [1.807, 2.05) is 0 Å². The SMILES string of the molecule is COc1ccc(NC(=O)C2=C(C)NC(=O)N[C@@H]2c2ccc(O)c(OC)c2)cc1. The van der Waals surface area contributed by atoms with Gasteiger partial charge in [0.15, 0.2) is 11.5 Å². The zero-order valence-electron chi connectivity index (χ0n) is 15.7. The molecule has 3 amide bonds. The Balaban J connectivity index is 1.93. The average molecular weight is 383 g/mol. The first kappa shape index (κ1) is 19.1. The quantitative estimate of drug-likeness (QED) is 0.635. The lowest BCUT2D eigenvalue weighted by Gasteiger charge is -2.29. The first-order valence-electron chi connectivity index (χ1n) is 8.53. The Morgan fingerprint density at radius 2 is 1.82 bits per heavy atom. The highest BCUT2D eigenvalue weighted by Crippen LogP contribution is 2.33. The Morgan fingerprint density at radius 1 is 1.11 bits per heavy atom. The molecule has 0 unspecified atom stereocenters. The number of carbonyl (C=O) groups is 2. The van der Waals surface area contributed by atoms with Crippen LogP contribution in [0.2, 0.25) is 0 Å². The van der Waals surface area contributed by atoms with Gasteiger partial charge in [0.2, 0.25) is 0 Å². The molecule has 0 aromatic heterocycles. The van der Waals surface area contributed by atoms with Crippen molar-refractivity contribution in [3.63, 3.8) is 0 Å². The fourth-order valence-electron chi connectivity index (χ4n) is 2.99. The molecular formula is C20H21N3O5. The van der Waals surface area contributed by atoms with E-state index in [0.29, 0.717) is 28.3 Å². The van der Waals surface area contributed by atoms with Crippen LogP contribution in [0.5, 0.6) is 17.2 Å². The standard InChI is InChI=1S/C20H21N3O5/c1-11-17(19(25)22-13-5-7-14(27-2)8-6-13)18(23-20(26)21-11)12-4-9-15(24)16(10-12)28-3/h4-10,18,24H,1-3H3,(H,22,25)(H2,21,23,26)/t18-/m1/s1. The number of amides is 3. The van der Waals surface area contributed by atoms with Gasteiger partial charge < -0.3 is 30.5 Å². The van der Waals surface area contributed by atoms with Gasteiger partial charge in [0.05, 0.1) is 25.8 Å². The van der Waals surface area contributed by atoms with Crippen molar-refractivity contribution >= 4 is 17.6 Å². The Hall–Kier alpha value is -3.68. The molecule has 28 heavy (non-hydrogen) atoms. The third-order valence-electron chi connectivity index (χ3n) is 4.40. The maximum atomic E-state index is 13.0. The van der Waals surface area contributed by atoms with Crippen molar-refractivity contribution in [2.45, 2.75) is 13.0 Å². The van der Waals surface area contributed by atoms with E-state index < -0.39 is 12.1 Å². The molecule has 8 nitrogen and oxygen atoms in total. The van der Waals surface area contributed by atoms with Gasteiger partial charge in [-0.2, -0.15) is 0 Å². The maximum Gasteiger partial charge on any atom is 0.319 e. The van der Waals surface area contributed by atoms with Crippen LogP contribution >= 0.6 is 0 Å². The van der Waals surface area contributed by atoms with Crippen LogP contribution in [-0.4, -0.2) is 31.3 Å². The number of benzene rings is 2. The summed E-state index contributed by atoms with van der Waals surface area (Å²) in [7, 11) is 2.99. The summed E-state index contributed by atoms with van der Waals surface area (Å²) in [5, 5.41) is 18.0. The van der Waals surface area contributed by atoms with Crippen LogP contribution in [0.4, 0.5) is 10.5 Å². The van der Waals surface area contributed by atoms with Crippen LogP contribution in [0, 0.1) is 0 Å². The van der Waals surface area contributed by atoms with Gasteiger partial charge >= 0.3 is 6.03 Å². The number of carbonyl (C=O) groups excluding carboxylic acids is 2. The lowest BCUT2D eigenvalue weighted by molar-refractivity contribution is -0.113. The van der Waals surface area contributed by atoms with Gasteiger partial charge in [0.25, 0.3) is 5.91 Å². The van der Waals surface area contributed by atoms with Crippen molar-refractivity contribution in [2.75, 3.05) is 19.5 Å². The van der Waals surface area contributed by atoms with E-state index in [2.05, 4.69) is 16.0 Å². The zero-order chi connectivity index (χ0) is 20.3. The van der Waals surface area contributed by atoms with E-state index in [-0.39, 0.29) is 17.4 Å². The van der Waals surface area contributed by atoms with E-state index in [9.17, 15) is 14.7 Å². The Bertz CT molecular complexity index is 937. The van der Waals surface area contributed by atoms with Gasteiger partial charge in [-0.3, -0.25) is 4.79 Å². The molecule has 0 bridgehead atoms. The topological polar surface area (TPSA) is 109 Å². The predicted molar refractivity (Wildman–Crippen MR) is 103 cm³/mol. The van der Waals surface area contributed by atoms with Crippen molar-refractivity contribution < 1.29 is 24.2 Å². The van der Waals surface area contributed by atoms with Gasteiger partial charge in [-0.25, -0.2) is 4.79 Å². The predicted octanol–water partition coefficient (Wildman–Crippen LogP) is 2.68. The molecule has 1 aliphatic heterocycles. The van der Waals surface area contributed by atoms with Gasteiger partial charge in [-0.1, -0.05) is 6.07 Å². The molecule has 0 fully saturated rings. The monoisotopic (exact) mass is 383 g/mol. The first-order valence-corrected chi connectivity index (χ1v) is 8.53. The number of anilines is 1. The molecule has 1 aliphatic rings. The van der Waals surface area contributed by atoms with E-state index in [4.69, 9.17) is 9.47 Å². The smallest absolute Gasteiger partial charge is 0.319 e. The highest BCUT2D eigenvalue weighted by atomic mass is 16.5. The van der Waals surface area contributed by atoms with E-state index in [1.54, 1.807) is 50.4 Å². The molecule has 0 spiro atoms. The fourth-order valence-corrected chi connectivity index (χ4v) is 2.99. The fraction of sp³-hybridized carbons (Fsp3) is 0.200. The lowest BCUT2D eigenvalue weighted by Crippen LogP contribution is -2.45. The summed E-state index contributed by atoms with van der Waals surface area (Å²) in [6, 6.07) is 10.5. The van der Waals surface area contributed by atoms with E-state index >= 15 is 0 Å². The highest BCUT2D eigenvalue weighted by molar-refractivity contribution is 6.06. The number of rotatable bonds is 5. The van der Waals surface area contributed by atoms with Crippen molar-refractivity contribution in [3.8, 4) is 17.2 Å². The van der Waals surface area contributed by atoms with Crippen LogP contribution in [0.1, 0.15) is 18.5 Å². The van der Waals surface area contributed by atoms with Gasteiger partial charge in [-0.15, -0.1) is 0 Å². The van der Waals surface area contributed by atoms with Crippen molar-refractivity contribution in [3.05, 3.63) is 59.3 Å². The third kappa shape index (κ3) is 3.85. The molecule has 4 N–H and O–H groups in total. The zero-order valence-corrected chi connectivity index (χ0v) is 15.7. The number of ether oxygens (including phenoxy) is 2. The second-order valence-corrected chi connectivity index (χ2v) is 6.18. The molecule has 3 rings (SSSR count). The molecule has 0 saturated carbocycles. The summed E-state index contributed by atoms with van der Waals surface area (Å²) in [6.45, 7) is 1.66.